The van der Waals surface area contributed by atoms with Crippen LogP contribution < -0.4 is 5.73 Å². The zero-order chi connectivity index (χ0) is 6.57. The first-order valence-corrected chi connectivity index (χ1v) is 2.91. The van der Waals surface area contributed by atoms with Crippen LogP contribution in [0.4, 0.5) is 0 Å². The van der Waals surface area contributed by atoms with Crippen LogP contribution in [0, 0.1) is 0 Å². The molecule has 0 saturated heterocycles. The van der Waals surface area contributed by atoms with Gasteiger partial charge in [-0.05, 0) is 12.2 Å². The average Bonchev–Trinajstić information content (AvgIpc) is 1.67. The summed E-state index contributed by atoms with van der Waals surface area (Å²) in [6.07, 6.45) is 0.429. The molecule has 0 spiro atoms. The fourth-order valence-corrected chi connectivity index (χ4v) is 0.541. The molecule has 50 valence electrons. The van der Waals surface area contributed by atoms with Gasteiger partial charge < -0.3 is 10.8 Å². The summed E-state index contributed by atoms with van der Waals surface area (Å²) in [5.74, 6) is -0.438. The van der Waals surface area contributed by atoms with Gasteiger partial charge in [0.25, 0.3) is 0 Å². The van der Waals surface area contributed by atoms with E-state index in [1.807, 2.05) is 0 Å². The number of thiol groups is 1. The minimum atomic E-state index is -0.959. The van der Waals surface area contributed by atoms with Crippen molar-refractivity contribution in [1.82, 2.24) is 0 Å². The van der Waals surface area contributed by atoms with Gasteiger partial charge >= 0.3 is 35.5 Å². The molecule has 0 rings (SSSR count). The van der Waals surface area contributed by atoms with Crippen molar-refractivity contribution in [3.05, 3.63) is 0 Å². The molecule has 0 radical (unpaired) electrons. The molecule has 0 aromatic rings. The van der Waals surface area contributed by atoms with Crippen molar-refractivity contribution < 1.29 is 9.90 Å². The van der Waals surface area contributed by atoms with Crippen LogP contribution in [0.25, 0.3) is 0 Å². The Morgan fingerprint density at radius 3 is 2.33 bits per heavy atom. The van der Waals surface area contributed by atoms with E-state index in [1.54, 1.807) is 0 Å². The molecule has 0 unspecified atom stereocenters. The predicted octanol–water partition coefficient (Wildman–Crippen LogP) is -0.930. The molecule has 0 aliphatic heterocycles. The van der Waals surface area contributed by atoms with E-state index < -0.39 is 12.0 Å². The minimum absolute atomic E-state index is 0. The van der Waals surface area contributed by atoms with Gasteiger partial charge in [0.05, 0.1) is 0 Å². The van der Waals surface area contributed by atoms with E-state index in [1.165, 1.54) is 0 Å². The molecule has 3 nitrogen and oxygen atoms in total. The SMILES string of the molecule is N[C@@H](CCS)C(=O)O.[NaH]. The van der Waals surface area contributed by atoms with Crippen LogP contribution in [0.3, 0.4) is 0 Å². The molecule has 0 heterocycles. The van der Waals surface area contributed by atoms with Gasteiger partial charge in [-0.3, -0.25) is 4.79 Å². The summed E-state index contributed by atoms with van der Waals surface area (Å²) < 4.78 is 0. The van der Waals surface area contributed by atoms with Crippen molar-refractivity contribution in [2.75, 3.05) is 5.75 Å². The summed E-state index contributed by atoms with van der Waals surface area (Å²) in [5.41, 5.74) is 5.08. The normalized spacial score (nSPS) is 11.8. The molecule has 0 fully saturated rings. The number of aliphatic carboxylic acids is 1. The van der Waals surface area contributed by atoms with Gasteiger partial charge in [0.2, 0.25) is 0 Å². The topological polar surface area (TPSA) is 63.3 Å². The second-order valence-electron chi connectivity index (χ2n) is 1.46. The van der Waals surface area contributed by atoms with Gasteiger partial charge in [0.1, 0.15) is 6.04 Å². The fourth-order valence-electron chi connectivity index (χ4n) is 0.263. The number of hydrogen-bond acceptors (Lipinski definition) is 3. The van der Waals surface area contributed by atoms with Crippen molar-refractivity contribution in [1.29, 1.82) is 0 Å². The third kappa shape index (κ3) is 6.67. The van der Waals surface area contributed by atoms with Crippen LogP contribution in [-0.2, 0) is 4.79 Å². The molecule has 9 heavy (non-hydrogen) atoms. The third-order valence-corrected chi connectivity index (χ3v) is 1.02. The molecule has 0 aromatic carbocycles. The van der Waals surface area contributed by atoms with Crippen LogP contribution in [-0.4, -0.2) is 52.4 Å². The zero-order valence-corrected chi connectivity index (χ0v) is 5.27. The standard InChI is InChI=1S/C4H9NO2S.Na.H/c5-3(1-2-8)4(6)7;;/h3,8H,1-2,5H2,(H,6,7);;/t3-;;/m0../s1. The van der Waals surface area contributed by atoms with Crippen LogP contribution in [0.5, 0.6) is 0 Å². The first-order valence-electron chi connectivity index (χ1n) is 2.27. The number of nitrogens with two attached hydrogens (primary N) is 1. The van der Waals surface area contributed by atoms with E-state index in [2.05, 4.69) is 12.6 Å². The zero-order valence-electron chi connectivity index (χ0n) is 4.37. The van der Waals surface area contributed by atoms with Gasteiger partial charge in [-0.1, -0.05) is 0 Å². The van der Waals surface area contributed by atoms with Crippen molar-refractivity contribution in [3.63, 3.8) is 0 Å². The van der Waals surface area contributed by atoms with Crippen LogP contribution in [0.2, 0.25) is 0 Å². The first kappa shape index (κ1) is 12.5. The molecule has 0 saturated carbocycles. The molecule has 1 atom stereocenters. The number of rotatable bonds is 3. The van der Waals surface area contributed by atoms with Gasteiger partial charge in [-0.25, -0.2) is 0 Å². The monoisotopic (exact) mass is 159 g/mol. The molecule has 0 amide bonds. The predicted molar refractivity (Wildman–Crippen MR) is 41.2 cm³/mol. The van der Waals surface area contributed by atoms with E-state index >= 15 is 0 Å². The molecular formula is C4H10NNaO2S. The average molecular weight is 159 g/mol. The van der Waals surface area contributed by atoms with Gasteiger partial charge in [-0.2, -0.15) is 12.6 Å². The Balaban J connectivity index is 0. The van der Waals surface area contributed by atoms with Crippen molar-refractivity contribution in [2.24, 2.45) is 5.73 Å². The second kappa shape index (κ2) is 6.89. The Morgan fingerprint density at radius 1 is 1.78 bits per heavy atom. The van der Waals surface area contributed by atoms with Gasteiger partial charge in [0, 0.05) is 0 Å². The molecule has 0 aliphatic carbocycles. The Morgan fingerprint density at radius 2 is 2.22 bits per heavy atom. The summed E-state index contributed by atoms with van der Waals surface area (Å²) in [6, 6.07) is -0.743. The summed E-state index contributed by atoms with van der Waals surface area (Å²) in [5, 5.41) is 8.15. The number of carboxylic acid groups (broad SMARTS) is 1. The number of carbonyl (C=O) groups is 1. The Labute approximate surface area is 81.7 Å². The number of carboxylic acids is 1. The Hall–Kier alpha value is 0.780. The van der Waals surface area contributed by atoms with Crippen LogP contribution >= 0.6 is 12.6 Å². The maximum atomic E-state index is 9.93. The molecule has 3 N–H and O–H groups in total. The molecule has 5 heteroatoms. The summed E-state index contributed by atoms with van der Waals surface area (Å²) in [6.45, 7) is 0. The molecular weight excluding hydrogens is 149 g/mol. The molecule has 0 aromatic heterocycles. The second-order valence-corrected chi connectivity index (χ2v) is 1.90. The summed E-state index contributed by atoms with van der Waals surface area (Å²) in [4.78, 5) is 9.93. The first-order chi connectivity index (χ1) is 3.68. The number of hydrogen-bond donors (Lipinski definition) is 3. The van der Waals surface area contributed by atoms with Gasteiger partial charge in [-0.15, -0.1) is 0 Å². The van der Waals surface area contributed by atoms with Gasteiger partial charge in [0.15, 0.2) is 0 Å². The quantitative estimate of drug-likeness (QED) is 0.368. The maximum absolute atomic E-state index is 9.93. The van der Waals surface area contributed by atoms with Crippen LogP contribution in [0.1, 0.15) is 6.42 Å². The Bertz CT molecular complexity index is 90.6. The molecule has 0 bridgehead atoms. The summed E-state index contributed by atoms with van der Waals surface area (Å²) >= 11 is 3.81. The van der Waals surface area contributed by atoms with E-state index in [9.17, 15) is 4.79 Å². The van der Waals surface area contributed by atoms with Crippen molar-refractivity contribution in [2.45, 2.75) is 12.5 Å². The van der Waals surface area contributed by atoms with Crippen molar-refractivity contribution in [3.8, 4) is 0 Å². The van der Waals surface area contributed by atoms with Crippen LogP contribution in [0.15, 0.2) is 0 Å². The van der Waals surface area contributed by atoms with E-state index in [0.717, 1.165) is 0 Å². The molecule has 0 aliphatic rings. The third-order valence-electron chi connectivity index (χ3n) is 0.757. The Kier molecular flexibility index (Phi) is 9.54. The van der Waals surface area contributed by atoms with Crippen molar-refractivity contribution >= 4 is 48.2 Å². The fraction of sp³-hybridized carbons (Fsp3) is 0.750. The van der Waals surface area contributed by atoms with E-state index in [4.69, 9.17) is 10.8 Å². The van der Waals surface area contributed by atoms with E-state index in [-0.39, 0.29) is 29.6 Å². The van der Waals surface area contributed by atoms with E-state index in [0.29, 0.717) is 12.2 Å². The summed E-state index contributed by atoms with van der Waals surface area (Å²) in [7, 11) is 0.